The van der Waals surface area contributed by atoms with Crippen molar-refractivity contribution < 1.29 is 34.0 Å². The van der Waals surface area contributed by atoms with Gasteiger partial charge in [0.2, 0.25) is 0 Å². The van der Waals surface area contributed by atoms with Gasteiger partial charge in [0, 0.05) is 0 Å². The molecule has 10 heavy (non-hydrogen) atoms. The van der Waals surface area contributed by atoms with Gasteiger partial charge in [-0.05, 0) is 11.8 Å². The summed E-state index contributed by atoms with van der Waals surface area (Å²) in [6, 6.07) is 0. The average molecular weight is 282 g/mol. The fourth-order valence-corrected chi connectivity index (χ4v) is 0.433. The van der Waals surface area contributed by atoms with Crippen LogP contribution in [0.3, 0.4) is 0 Å². The maximum absolute atomic E-state index is 3.65. The first-order chi connectivity index (χ1) is 3.06. The first-order valence-electron chi connectivity index (χ1n) is 2.67. The van der Waals surface area contributed by atoms with Crippen LogP contribution in [0.5, 0.6) is 0 Å². The Bertz CT molecular complexity index is 66.5. The van der Waals surface area contributed by atoms with E-state index in [4.69, 9.17) is 0 Å². The van der Waals surface area contributed by atoms with Gasteiger partial charge >= 0.3 is 23.1 Å². The van der Waals surface area contributed by atoms with Crippen LogP contribution in [0.25, 0.3) is 0 Å². The van der Waals surface area contributed by atoms with Gasteiger partial charge in [0.25, 0.3) is 0 Å². The van der Waals surface area contributed by atoms with E-state index in [1.54, 1.807) is 0 Å². The second-order valence-corrected chi connectivity index (χ2v) is 3.05. The van der Waals surface area contributed by atoms with E-state index in [1.165, 1.54) is 0 Å². The Morgan fingerprint density at radius 1 is 1.20 bits per heavy atom. The molecule has 0 heterocycles. The first kappa shape index (κ1) is 22.5. The summed E-state index contributed by atoms with van der Waals surface area (Å²) in [5.41, 5.74) is 0.432. The fraction of sp³-hybridized carbons (Fsp3) is 0.714. The van der Waals surface area contributed by atoms with E-state index in [2.05, 4.69) is 27.4 Å². The van der Waals surface area contributed by atoms with E-state index in [0.717, 1.165) is 6.42 Å². The van der Waals surface area contributed by atoms with E-state index < -0.39 is 0 Å². The minimum atomic E-state index is 0. The molecule has 0 aliphatic rings. The molecular formula is C7H14Br2Mg. The van der Waals surface area contributed by atoms with Crippen molar-refractivity contribution >= 4 is 23.1 Å². The topological polar surface area (TPSA) is 0 Å². The van der Waals surface area contributed by atoms with Crippen LogP contribution in [0, 0.1) is 5.41 Å². The van der Waals surface area contributed by atoms with Crippen LogP contribution in [-0.4, -0.2) is 23.1 Å². The molecular weight excluding hydrogens is 268 g/mol. The van der Waals surface area contributed by atoms with Crippen molar-refractivity contribution in [2.24, 2.45) is 5.41 Å². The third-order valence-corrected chi connectivity index (χ3v) is 0.757. The van der Waals surface area contributed by atoms with Crippen molar-refractivity contribution in [3.05, 3.63) is 12.7 Å². The number of allylic oxidation sites excluding steroid dienone is 1. The van der Waals surface area contributed by atoms with Crippen molar-refractivity contribution in [1.82, 2.24) is 0 Å². The third kappa shape index (κ3) is 22.7. The van der Waals surface area contributed by atoms with Crippen LogP contribution in [0.1, 0.15) is 27.2 Å². The summed E-state index contributed by atoms with van der Waals surface area (Å²) in [5, 5.41) is 0. The van der Waals surface area contributed by atoms with Crippen LogP contribution >= 0.6 is 0 Å². The molecule has 0 nitrogen and oxygen atoms in total. The molecule has 0 rings (SSSR count). The van der Waals surface area contributed by atoms with E-state index >= 15 is 0 Å². The van der Waals surface area contributed by atoms with Crippen LogP contribution in [0.15, 0.2) is 12.7 Å². The molecule has 0 aromatic heterocycles. The Labute approximate surface area is 102 Å². The Morgan fingerprint density at radius 3 is 1.50 bits per heavy atom. The summed E-state index contributed by atoms with van der Waals surface area (Å²) in [4.78, 5) is 0. The smallest absolute Gasteiger partial charge is 1.00 e. The van der Waals surface area contributed by atoms with Crippen molar-refractivity contribution in [3.63, 3.8) is 0 Å². The molecule has 0 aromatic carbocycles. The minimum Gasteiger partial charge on any atom is -1.00 e. The molecule has 0 atom stereocenters. The molecule has 0 aliphatic heterocycles. The first-order valence-corrected chi connectivity index (χ1v) is 2.67. The van der Waals surface area contributed by atoms with Crippen molar-refractivity contribution in [1.29, 1.82) is 0 Å². The Kier molecular flexibility index (Phi) is 23.6. The number of halogens is 2. The molecule has 0 aromatic rings. The zero-order valence-electron chi connectivity index (χ0n) is 6.95. The average Bonchev–Trinajstić information content (AvgIpc) is 1.30. The van der Waals surface area contributed by atoms with Gasteiger partial charge in [-0.15, -0.1) is 6.58 Å². The van der Waals surface area contributed by atoms with E-state index in [0.29, 0.717) is 5.41 Å². The Balaban J connectivity index is -0.0000000600. The van der Waals surface area contributed by atoms with Gasteiger partial charge in [0.1, 0.15) is 0 Å². The van der Waals surface area contributed by atoms with Gasteiger partial charge in [-0.1, -0.05) is 26.8 Å². The maximum Gasteiger partial charge on any atom is 2.00 e. The molecule has 0 amide bonds. The third-order valence-electron chi connectivity index (χ3n) is 0.757. The molecule has 0 aliphatic carbocycles. The molecule has 3 heteroatoms. The molecule has 58 valence electrons. The molecule has 0 fully saturated rings. The molecule has 0 N–H and O–H groups in total. The van der Waals surface area contributed by atoms with Crippen molar-refractivity contribution in [2.45, 2.75) is 27.2 Å². The van der Waals surface area contributed by atoms with Gasteiger partial charge < -0.3 is 34.0 Å². The molecule has 0 bridgehead atoms. The van der Waals surface area contributed by atoms with Crippen LogP contribution in [0.4, 0.5) is 0 Å². The quantitative estimate of drug-likeness (QED) is 0.342. The summed E-state index contributed by atoms with van der Waals surface area (Å²) in [5.74, 6) is 0. The molecule has 0 radical (unpaired) electrons. The monoisotopic (exact) mass is 280 g/mol. The van der Waals surface area contributed by atoms with Gasteiger partial charge in [0.15, 0.2) is 0 Å². The van der Waals surface area contributed by atoms with Crippen LogP contribution in [0.2, 0.25) is 0 Å². The summed E-state index contributed by atoms with van der Waals surface area (Å²) in [6.45, 7) is 10.3. The molecule has 0 unspecified atom stereocenters. The SMILES string of the molecule is C=CCC(C)(C)C.[Br-].[Br-].[Mg+2]. The van der Waals surface area contributed by atoms with Gasteiger partial charge in [-0.2, -0.15) is 0 Å². The van der Waals surface area contributed by atoms with E-state index in [9.17, 15) is 0 Å². The number of hydrogen-bond acceptors (Lipinski definition) is 0. The predicted octanol–water partition coefficient (Wildman–Crippen LogP) is -3.76. The minimum absolute atomic E-state index is 0. The molecule has 0 spiro atoms. The van der Waals surface area contributed by atoms with Crippen molar-refractivity contribution in [3.8, 4) is 0 Å². The standard InChI is InChI=1S/C7H14.2BrH.Mg/c1-5-6-7(2,3)4;;;/h5H,1,6H2,2-4H3;2*1H;/q;;;+2/p-2. The number of rotatable bonds is 1. The fourth-order valence-electron chi connectivity index (χ4n) is 0.433. The summed E-state index contributed by atoms with van der Waals surface area (Å²) < 4.78 is 0. The second-order valence-electron chi connectivity index (χ2n) is 3.05. The molecule has 0 saturated carbocycles. The normalized spacial score (nSPS) is 7.90. The predicted molar refractivity (Wildman–Crippen MR) is 40.0 cm³/mol. The van der Waals surface area contributed by atoms with Crippen LogP contribution < -0.4 is 34.0 Å². The number of hydrogen-bond donors (Lipinski definition) is 0. The maximum atomic E-state index is 3.65. The van der Waals surface area contributed by atoms with Crippen LogP contribution in [-0.2, 0) is 0 Å². The summed E-state index contributed by atoms with van der Waals surface area (Å²) in [7, 11) is 0. The van der Waals surface area contributed by atoms with E-state index in [1.807, 2.05) is 6.08 Å². The zero-order valence-corrected chi connectivity index (χ0v) is 11.5. The Morgan fingerprint density at radius 2 is 1.50 bits per heavy atom. The molecule has 0 saturated heterocycles. The van der Waals surface area contributed by atoms with E-state index in [-0.39, 0.29) is 57.0 Å². The summed E-state index contributed by atoms with van der Waals surface area (Å²) >= 11 is 0. The van der Waals surface area contributed by atoms with Gasteiger partial charge in [0.05, 0.1) is 0 Å². The zero-order chi connectivity index (χ0) is 5.91. The van der Waals surface area contributed by atoms with Gasteiger partial charge in [-0.3, -0.25) is 0 Å². The Hall–Kier alpha value is 1.47. The second kappa shape index (κ2) is 10.5. The van der Waals surface area contributed by atoms with Crippen molar-refractivity contribution in [2.75, 3.05) is 0 Å². The summed E-state index contributed by atoms with van der Waals surface area (Å²) in [6.07, 6.45) is 3.06. The van der Waals surface area contributed by atoms with Gasteiger partial charge in [-0.25, -0.2) is 0 Å². The largest absolute Gasteiger partial charge is 2.00 e.